The van der Waals surface area contributed by atoms with E-state index < -0.39 is 0 Å². The molecule has 1 fully saturated rings. The van der Waals surface area contributed by atoms with Gasteiger partial charge in [-0.15, -0.1) is 12.4 Å². The fraction of sp³-hybridized carbons (Fsp3) is 0.588. The highest BCUT2D eigenvalue weighted by atomic mass is 35.5. The van der Waals surface area contributed by atoms with Gasteiger partial charge in [0.1, 0.15) is 0 Å². The monoisotopic (exact) mass is 326 g/mol. The summed E-state index contributed by atoms with van der Waals surface area (Å²) in [7, 11) is 0. The number of halogens is 1. The van der Waals surface area contributed by atoms with Crippen molar-refractivity contribution in [3.8, 4) is 0 Å². The molecule has 5 heteroatoms. The van der Waals surface area contributed by atoms with E-state index in [1.165, 1.54) is 16.7 Å². The van der Waals surface area contributed by atoms with Crippen LogP contribution >= 0.6 is 12.4 Å². The molecule has 1 aromatic rings. The predicted octanol–water partition coefficient (Wildman–Crippen LogP) is 2.15. The fourth-order valence-electron chi connectivity index (χ4n) is 2.90. The summed E-state index contributed by atoms with van der Waals surface area (Å²) in [4.78, 5) is 12.0. The zero-order valence-corrected chi connectivity index (χ0v) is 14.5. The van der Waals surface area contributed by atoms with E-state index in [0.29, 0.717) is 13.0 Å². The van der Waals surface area contributed by atoms with Gasteiger partial charge in [0.15, 0.2) is 0 Å². The molecule has 22 heavy (non-hydrogen) atoms. The lowest BCUT2D eigenvalue weighted by Gasteiger charge is -2.24. The van der Waals surface area contributed by atoms with Gasteiger partial charge in [0.2, 0.25) is 5.91 Å². The van der Waals surface area contributed by atoms with Crippen molar-refractivity contribution in [1.29, 1.82) is 0 Å². The van der Waals surface area contributed by atoms with Gasteiger partial charge in [-0.2, -0.15) is 0 Å². The Hall–Kier alpha value is -1.10. The van der Waals surface area contributed by atoms with E-state index in [2.05, 4.69) is 49.6 Å². The summed E-state index contributed by atoms with van der Waals surface area (Å²) >= 11 is 0. The second-order valence-corrected chi connectivity index (χ2v) is 6.10. The third kappa shape index (κ3) is 6.34. The van der Waals surface area contributed by atoms with Crippen LogP contribution in [0.4, 0.5) is 0 Å². The van der Waals surface area contributed by atoms with Gasteiger partial charge in [-0.3, -0.25) is 4.79 Å². The van der Waals surface area contributed by atoms with Crippen LogP contribution in [-0.4, -0.2) is 37.7 Å². The van der Waals surface area contributed by atoms with E-state index in [9.17, 15) is 4.79 Å². The van der Waals surface area contributed by atoms with Crippen molar-refractivity contribution < 1.29 is 9.53 Å². The maximum absolute atomic E-state index is 12.0. The van der Waals surface area contributed by atoms with E-state index in [-0.39, 0.29) is 30.4 Å². The van der Waals surface area contributed by atoms with E-state index in [0.717, 1.165) is 19.6 Å². The smallest absolute Gasteiger partial charge is 0.221 e. The summed E-state index contributed by atoms with van der Waals surface area (Å²) in [5, 5.41) is 6.38. The van der Waals surface area contributed by atoms with E-state index in [1.54, 1.807) is 0 Å². The minimum atomic E-state index is 0. The number of amides is 1. The van der Waals surface area contributed by atoms with Gasteiger partial charge in [0.05, 0.1) is 13.2 Å². The highest BCUT2D eigenvalue weighted by Crippen LogP contribution is 2.11. The topological polar surface area (TPSA) is 50.4 Å². The Kier molecular flexibility index (Phi) is 7.87. The molecule has 0 aromatic heterocycles. The van der Waals surface area contributed by atoms with Gasteiger partial charge in [0.25, 0.3) is 0 Å². The number of ether oxygens (including phenoxy) is 1. The summed E-state index contributed by atoms with van der Waals surface area (Å²) in [6.07, 6.45) is 1.35. The molecule has 2 rings (SSSR count). The Morgan fingerprint density at radius 2 is 2.05 bits per heavy atom. The summed E-state index contributed by atoms with van der Waals surface area (Å²) in [5.74, 6) is 0.0925. The van der Waals surface area contributed by atoms with Gasteiger partial charge in [0, 0.05) is 25.0 Å². The molecule has 0 aliphatic carbocycles. The highest BCUT2D eigenvalue weighted by molar-refractivity contribution is 5.85. The third-order valence-electron chi connectivity index (χ3n) is 3.66. The van der Waals surface area contributed by atoms with Gasteiger partial charge < -0.3 is 15.4 Å². The van der Waals surface area contributed by atoms with Gasteiger partial charge in [-0.25, -0.2) is 0 Å². The molecule has 0 spiro atoms. The lowest BCUT2D eigenvalue weighted by molar-refractivity contribution is -0.122. The van der Waals surface area contributed by atoms with Crippen molar-refractivity contribution in [2.24, 2.45) is 0 Å². The lowest BCUT2D eigenvalue weighted by atomic mass is 10.0. The maximum atomic E-state index is 12.0. The molecular weight excluding hydrogens is 300 g/mol. The number of morpholine rings is 1. The first-order valence-corrected chi connectivity index (χ1v) is 7.70. The fourth-order valence-corrected chi connectivity index (χ4v) is 2.90. The van der Waals surface area contributed by atoms with Crippen LogP contribution in [0.1, 0.15) is 30.0 Å². The molecule has 1 aliphatic rings. The quantitative estimate of drug-likeness (QED) is 0.871. The molecule has 1 amide bonds. The van der Waals surface area contributed by atoms with Crippen LogP contribution in [0.2, 0.25) is 0 Å². The molecule has 1 saturated heterocycles. The number of rotatable bonds is 5. The Labute approximate surface area is 139 Å². The molecule has 1 aliphatic heterocycles. The summed E-state index contributed by atoms with van der Waals surface area (Å²) < 4.78 is 5.37. The molecular formula is C17H27ClN2O2. The second-order valence-electron chi connectivity index (χ2n) is 6.10. The first kappa shape index (κ1) is 18.9. The highest BCUT2D eigenvalue weighted by Gasteiger charge is 2.18. The van der Waals surface area contributed by atoms with Crippen molar-refractivity contribution >= 4 is 18.3 Å². The number of aryl methyl sites for hydroxylation is 2. The largest absolute Gasteiger partial charge is 0.378 e. The van der Waals surface area contributed by atoms with Gasteiger partial charge in [-0.05, 0) is 32.8 Å². The van der Waals surface area contributed by atoms with Gasteiger partial charge in [-0.1, -0.05) is 29.3 Å². The average Bonchev–Trinajstić information content (AvgIpc) is 2.37. The molecule has 2 N–H and O–H groups in total. The van der Waals surface area contributed by atoms with Crippen LogP contribution in [0.25, 0.3) is 0 Å². The minimum Gasteiger partial charge on any atom is -0.378 e. The number of carbonyl (C=O) groups is 1. The molecule has 4 nitrogen and oxygen atoms in total. The maximum Gasteiger partial charge on any atom is 0.221 e. The Morgan fingerprint density at radius 3 is 2.64 bits per heavy atom. The number of nitrogens with one attached hydrogen (secondary N) is 2. The number of hydrogen-bond acceptors (Lipinski definition) is 3. The standard InChI is InChI=1S/C17H26N2O2.ClH/c1-12-6-13(2)8-15(7-12)9-14(3)19-17(20)10-16-11-21-5-4-18-16;/h6-8,14,16,18H,4-5,9-11H2,1-3H3,(H,19,20);1H. The average molecular weight is 327 g/mol. The van der Waals surface area contributed by atoms with Crippen molar-refractivity contribution in [2.45, 2.75) is 45.7 Å². The van der Waals surface area contributed by atoms with E-state index >= 15 is 0 Å². The number of carbonyl (C=O) groups excluding carboxylic acids is 1. The van der Waals surface area contributed by atoms with E-state index in [1.807, 2.05) is 0 Å². The van der Waals surface area contributed by atoms with Crippen molar-refractivity contribution in [3.63, 3.8) is 0 Å². The summed E-state index contributed by atoms with van der Waals surface area (Å²) in [6, 6.07) is 6.83. The molecule has 2 unspecified atom stereocenters. The SMILES string of the molecule is Cc1cc(C)cc(CC(C)NC(=O)CC2COCCN2)c1.Cl. The first-order chi connectivity index (χ1) is 10.0. The normalized spacial score (nSPS) is 19.1. The van der Waals surface area contributed by atoms with Crippen LogP contribution in [0.15, 0.2) is 18.2 Å². The zero-order valence-electron chi connectivity index (χ0n) is 13.6. The van der Waals surface area contributed by atoms with E-state index in [4.69, 9.17) is 4.74 Å². The summed E-state index contributed by atoms with van der Waals surface area (Å²) in [6.45, 7) is 8.46. The molecule has 0 saturated carbocycles. The van der Waals surface area contributed by atoms with Gasteiger partial charge >= 0.3 is 0 Å². The van der Waals surface area contributed by atoms with Crippen LogP contribution in [0, 0.1) is 13.8 Å². The van der Waals surface area contributed by atoms with Crippen molar-refractivity contribution in [2.75, 3.05) is 19.8 Å². The number of hydrogen-bond donors (Lipinski definition) is 2. The molecule has 0 bridgehead atoms. The van der Waals surface area contributed by atoms with Crippen molar-refractivity contribution in [1.82, 2.24) is 10.6 Å². The lowest BCUT2D eigenvalue weighted by Crippen LogP contribution is -2.45. The zero-order chi connectivity index (χ0) is 15.2. The molecule has 1 aromatic carbocycles. The number of benzene rings is 1. The molecule has 2 atom stereocenters. The second kappa shape index (κ2) is 9.13. The minimum absolute atomic E-state index is 0. The van der Waals surface area contributed by atoms with Crippen LogP contribution in [-0.2, 0) is 16.0 Å². The Morgan fingerprint density at radius 1 is 1.36 bits per heavy atom. The Bertz CT molecular complexity index is 467. The van der Waals surface area contributed by atoms with Crippen molar-refractivity contribution in [3.05, 3.63) is 34.9 Å². The molecule has 1 heterocycles. The first-order valence-electron chi connectivity index (χ1n) is 7.70. The summed E-state index contributed by atoms with van der Waals surface area (Å²) in [5.41, 5.74) is 3.82. The molecule has 124 valence electrons. The van der Waals surface area contributed by atoms with Crippen LogP contribution in [0.5, 0.6) is 0 Å². The Balaban J connectivity index is 0.00000242. The molecule has 0 radical (unpaired) electrons. The van der Waals surface area contributed by atoms with Crippen LogP contribution in [0.3, 0.4) is 0 Å². The van der Waals surface area contributed by atoms with Crippen LogP contribution < -0.4 is 10.6 Å². The third-order valence-corrected chi connectivity index (χ3v) is 3.66. The predicted molar refractivity (Wildman–Crippen MR) is 91.7 cm³/mol.